The molecule has 2 amide bonds. The van der Waals surface area contributed by atoms with Crippen LogP contribution >= 0.6 is 11.3 Å². The highest BCUT2D eigenvalue weighted by Crippen LogP contribution is 2.30. The number of carbonyl (C=O) groups is 2. The van der Waals surface area contributed by atoms with Gasteiger partial charge in [-0.15, -0.1) is 0 Å². The molecule has 2 aliphatic heterocycles. The molecule has 29 heavy (non-hydrogen) atoms. The normalized spacial score (nSPS) is 19.1. The maximum Gasteiger partial charge on any atom is 0.255 e. The zero-order chi connectivity index (χ0) is 20.6. The highest BCUT2D eigenvalue weighted by molar-refractivity contribution is 7.15. The summed E-state index contributed by atoms with van der Waals surface area (Å²) in [7, 11) is 0. The van der Waals surface area contributed by atoms with Gasteiger partial charge in [0.15, 0.2) is 5.13 Å². The zero-order valence-electron chi connectivity index (χ0n) is 17.2. The molecule has 6 nitrogen and oxygen atoms in total. The Morgan fingerprint density at radius 3 is 2.66 bits per heavy atom. The summed E-state index contributed by atoms with van der Waals surface area (Å²) >= 11 is 1.45. The summed E-state index contributed by atoms with van der Waals surface area (Å²) in [5.74, 6) is -0.0880. The molecule has 1 unspecified atom stereocenters. The maximum absolute atomic E-state index is 13.0. The molecule has 4 rings (SSSR count). The third-order valence-electron chi connectivity index (χ3n) is 5.47. The fraction of sp³-hybridized carbons (Fsp3) is 0.500. The van der Waals surface area contributed by atoms with E-state index in [0.29, 0.717) is 36.8 Å². The van der Waals surface area contributed by atoms with E-state index in [1.807, 2.05) is 29.2 Å². The second-order valence-corrected chi connectivity index (χ2v) is 9.77. The lowest BCUT2D eigenvalue weighted by molar-refractivity contribution is -0.124. The van der Waals surface area contributed by atoms with Crippen LogP contribution in [0.15, 0.2) is 24.3 Å². The quantitative estimate of drug-likeness (QED) is 0.832. The fourth-order valence-corrected chi connectivity index (χ4v) is 4.71. The van der Waals surface area contributed by atoms with Gasteiger partial charge >= 0.3 is 0 Å². The van der Waals surface area contributed by atoms with Crippen LogP contribution in [0.25, 0.3) is 0 Å². The molecular weight excluding hydrogens is 386 g/mol. The number of benzene rings is 1. The van der Waals surface area contributed by atoms with Gasteiger partial charge in [0.05, 0.1) is 12.2 Å². The smallest absolute Gasteiger partial charge is 0.255 e. The van der Waals surface area contributed by atoms with Crippen molar-refractivity contribution in [3.63, 3.8) is 0 Å². The lowest BCUT2D eigenvalue weighted by Gasteiger charge is -2.26. The van der Waals surface area contributed by atoms with Crippen LogP contribution in [0.3, 0.4) is 0 Å². The Morgan fingerprint density at radius 1 is 1.24 bits per heavy atom. The molecule has 0 radical (unpaired) electrons. The molecule has 0 aliphatic carbocycles. The average molecular weight is 414 g/mol. The lowest BCUT2D eigenvalue weighted by Crippen LogP contribution is -2.35. The molecule has 1 saturated heterocycles. The Kier molecular flexibility index (Phi) is 5.44. The van der Waals surface area contributed by atoms with Crippen molar-refractivity contribution in [2.75, 3.05) is 18.5 Å². The van der Waals surface area contributed by atoms with E-state index < -0.39 is 0 Å². The summed E-state index contributed by atoms with van der Waals surface area (Å²) in [6.07, 6.45) is 2.01. The molecule has 0 saturated carbocycles. The minimum atomic E-state index is -0.370. The molecule has 1 N–H and O–H groups in total. The molecule has 1 aromatic heterocycles. The SMILES string of the molecule is CC(C)(C)c1ccc(C(=O)N2CCc3nc(NC(=O)C4CCCO4)sc3C2)cc1. The number of hydrogen-bond acceptors (Lipinski definition) is 5. The van der Waals surface area contributed by atoms with Crippen LogP contribution in [0.2, 0.25) is 0 Å². The number of ether oxygens (including phenoxy) is 1. The van der Waals surface area contributed by atoms with Gasteiger partial charge in [-0.2, -0.15) is 0 Å². The zero-order valence-corrected chi connectivity index (χ0v) is 18.0. The predicted molar refractivity (Wildman–Crippen MR) is 113 cm³/mol. The van der Waals surface area contributed by atoms with Crippen molar-refractivity contribution >= 4 is 28.3 Å². The minimum absolute atomic E-state index is 0.0365. The molecule has 2 aromatic rings. The first-order valence-corrected chi connectivity index (χ1v) is 10.9. The first-order valence-electron chi connectivity index (χ1n) is 10.1. The Labute approximate surface area is 175 Å². The van der Waals surface area contributed by atoms with Crippen LogP contribution in [-0.4, -0.2) is 41.0 Å². The highest BCUT2D eigenvalue weighted by Gasteiger charge is 2.28. The number of rotatable bonds is 3. The number of fused-ring (bicyclic) bond motifs is 1. The van der Waals surface area contributed by atoms with Crippen molar-refractivity contribution in [3.8, 4) is 0 Å². The number of amides is 2. The number of thiazole rings is 1. The van der Waals surface area contributed by atoms with Gasteiger partial charge in [0.2, 0.25) is 0 Å². The van der Waals surface area contributed by atoms with Gasteiger partial charge in [-0.1, -0.05) is 44.2 Å². The van der Waals surface area contributed by atoms with Crippen molar-refractivity contribution in [1.82, 2.24) is 9.88 Å². The van der Waals surface area contributed by atoms with E-state index in [4.69, 9.17) is 4.74 Å². The van der Waals surface area contributed by atoms with E-state index in [1.54, 1.807) is 0 Å². The number of nitrogens with zero attached hydrogens (tertiary/aromatic N) is 2. The van der Waals surface area contributed by atoms with Gasteiger partial charge < -0.3 is 9.64 Å². The van der Waals surface area contributed by atoms with Crippen LogP contribution in [0.4, 0.5) is 5.13 Å². The number of carbonyl (C=O) groups excluding carboxylic acids is 2. The standard InChI is InChI=1S/C22H27N3O3S/c1-22(2,3)15-8-6-14(7-9-15)20(27)25-11-10-16-18(13-25)29-21(23-16)24-19(26)17-5-4-12-28-17/h6-9,17H,4-5,10-13H2,1-3H3,(H,23,24,26). The minimum Gasteiger partial charge on any atom is -0.368 e. The van der Waals surface area contributed by atoms with Crippen LogP contribution in [0, 0.1) is 0 Å². The largest absolute Gasteiger partial charge is 0.368 e. The van der Waals surface area contributed by atoms with E-state index >= 15 is 0 Å². The van der Waals surface area contributed by atoms with Gasteiger partial charge in [-0.05, 0) is 36.0 Å². The molecule has 3 heterocycles. The molecular formula is C22H27N3O3S. The molecule has 1 fully saturated rings. The third-order valence-corrected chi connectivity index (χ3v) is 6.47. The summed E-state index contributed by atoms with van der Waals surface area (Å²) < 4.78 is 5.43. The summed E-state index contributed by atoms with van der Waals surface area (Å²) in [6, 6.07) is 7.90. The van der Waals surface area contributed by atoms with Gasteiger partial charge in [0.1, 0.15) is 6.10 Å². The Hall–Kier alpha value is -2.25. The monoisotopic (exact) mass is 413 g/mol. The Bertz CT molecular complexity index is 908. The summed E-state index contributed by atoms with van der Waals surface area (Å²) in [6.45, 7) is 8.29. The second-order valence-electron chi connectivity index (χ2n) is 8.68. The van der Waals surface area contributed by atoms with Crippen LogP contribution in [-0.2, 0) is 27.9 Å². The predicted octanol–water partition coefficient (Wildman–Crippen LogP) is 3.76. The number of aromatic nitrogens is 1. The molecule has 2 aliphatic rings. The third kappa shape index (κ3) is 4.36. The number of anilines is 1. The molecule has 1 aromatic carbocycles. The van der Waals surface area contributed by atoms with Crippen LogP contribution in [0.1, 0.15) is 60.1 Å². The molecule has 7 heteroatoms. The Morgan fingerprint density at radius 2 is 2.00 bits per heavy atom. The van der Waals surface area contributed by atoms with Crippen molar-refractivity contribution in [2.45, 2.75) is 58.1 Å². The van der Waals surface area contributed by atoms with E-state index in [0.717, 1.165) is 23.4 Å². The molecule has 154 valence electrons. The summed E-state index contributed by atoms with van der Waals surface area (Å²) in [5.41, 5.74) is 2.96. The summed E-state index contributed by atoms with van der Waals surface area (Å²) in [4.78, 5) is 32.7. The number of hydrogen-bond donors (Lipinski definition) is 1. The van der Waals surface area contributed by atoms with E-state index in [2.05, 4.69) is 31.1 Å². The van der Waals surface area contributed by atoms with E-state index in [9.17, 15) is 9.59 Å². The van der Waals surface area contributed by atoms with Crippen molar-refractivity contribution in [2.24, 2.45) is 0 Å². The summed E-state index contributed by atoms with van der Waals surface area (Å²) in [5, 5.41) is 3.47. The lowest BCUT2D eigenvalue weighted by atomic mass is 9.86. The van der Waals surface area contributed by atoms with Gasteiger partial charge in [0, 0.05) is 30.0 Å². The number of nitrogens with one attached hydrogen (secondary N) is 1. The molecule has 0 bridgehead atoms. The highest BCUT2D eigenvalue weighted by atomic mass is 32.1. The van der Waals surface area contributed by atoms with Crippen molar-refractivity contribution in [3.05, 3.63) is 46.0 Å². The fourth-order valence-electron chi connectivity index (χ4n) is 3.69. The average Bonchev–Trinajstić information content (AvgIpc) is 3.35. The molecule has 0 spiro atoms. The van der Waals surface area contributed by atoms with Gasteiger partial charge in [0.25, 0.3) is 11.8 Å². The van der Waals surface area contributed by atoms with Crippen LogP contribution < -0.4 is 5.32 Å². The van der Waals surface area contributed by atoms with Crippen LogP contribution in [0.5, 0.6) is 0 Å². The topological polar surface area (TPSA) is 71.5 Å². The van der Waals surface area contributed by atoms with Crippen molar-refractivity contribution < 1.29 is 14.3 Å². The second kappa shape index (κ2) is 7.88. The van der Waals surface area contributed by atoms with Crippen molar-refractivity contribution in [1.29, 1.82) is 0 Å². The van der Waals surface area contributed by atoms with E-state index in [1.165, 1.54) is 16.9 Å². The maximum atomic E-state index is 13.0. The van der Waals surface area contributed by atoms with Gasteiger partial charge in [-0.3, -0.25) is 14.9 Å². The molecule has 1 atom stereocenters. The first-order chi connectivity index (χ1) is 13.8. The van der Waals surface area contributed by atoms with Gasteiger partial charge in [-0.25, -0.2) is 4.98 Å². The van der Waals surface area contributed by atoms with E-state index in [-0.39, 0.29) is 23.3 Å². The Balaban J connectivity index is 1.42. The first kappa shape index (κ1) is 20.0.